The van der Waals surface area contributed by atoms with Gasteiger partial charge in [0.1, 0.15) is 0 Å². The monoisotopic (exact) mass is 406 g/mol. The number of anilines is 2. The van der Waals surface area contributed by atoms with Gasteiger partial charge in [0.05, 0.1) is 6.04 Å². The summed E-state index contributed by atoms with van der Waals surface area (Å²) < 4.78 is 0. The number of carbonyl (C=O) groups is 3. The Morgan fingerprint density at radius 3 is 2.20 bits per heavy atom. The molecular formula is C23H26N4O3. The summed E-state index contributed by atoms with van der Waals surface area (Å²) in [5, 5.41) is 3.02. The Hall–Kier alpha value is -3.35. The minimum Gasteiger partial charge on any atom is -0.368 e. The molecule has 156 valence electrons. The van der Waals surface area contributed by atoms with E-state index in [9.17, 15) is 14.4 Å². The molecule has 2 fully saturated rings. The molecule has 4 rings (SSSR count). The largest absolute Gasteiger partial charge is 0.368 e. The van der Waals surface area contributed by atoms with Crippen molar-refractivity contribution >= 4 is 29.1 Å². The van der Waals surface area contributed by atoms with Crippen LogP contribution < -0.4 is 15.1 Å². The number of carbonyl (C=O) groups excluding carboxylic acids is 3. The number of urea groups is 1. The number of rotatable bonds is 4. The number of amides is 3. The number of nitrogens with zero attached hydrogens (tertiary/aromatic N) is 3. The molecule has 2 aromatic rings. The molecule has 2 aromatic carbocycles. The van der Waals surface area contributed by atoms with E-state index in [4.69, 9.17) is 0 Å². The van der Waals surface area contributed by atoms with Gasteiger partial charge in [-0.25, -0.2) is 4.79 Å². The number of hydrogen-bond donors (Lipinski definition) is 1. The van der Waals surface area contributed by atoms with E-state index < -0.39 is 0 Å². The van der Waals surface area contributed by atoms with E-state index in [0.29, 0.717) is 31.6 Å². The molecule has 0 spiro atoms. The average Bonchev–Trinajstić information content (AvgIpc) is 3.14. The van der Waals surface area contributed by atoms with E-state index in [2.05, 4.69) is 10.2 Å². The molecule has 0 bridgehead atoms. The lowest BCUT2D eigenvalue weighted by Crippen LogP contribution is -2.53. The van der Waals surface area contributed by atoms with Crippen molar-refractivity contribution in [1.82, 2.24) is 10.2 Å². The minimum atomic E-state index is -0.178. The summed E-state index contributed by atoms with van der Waals surface area (Å²) >= 11 is 0. The zero-order valence-electron chi connectivity index (χ0n) is 17.1. The van der Waals surface area contributed by atoms with Crippen molar-refractivity contribution in [1.29, 1.82) is 0 Å². The molecule has 7 nitrogen and oxygen atoms in total. The molecule has 1 atom stereocenters. The highest BCUT2D eigenvalue weighted by Gasteiger charge is 2.33. The van der Waals surface area contributed by atoms with Crippen LogP contribution in [-0.4, -0.2) is 61.4 Å². The van der Waals surface area contributed by atoms with Crippen LogP contribution >= 0.6 is 0 Å². The highest BCUT2D eigenvalue weighted by molar-refractivity contribution is 5.97. The quantitative estimate of drug-likeness (QED) is 0.792. The van der Waals surface area contributed by atoms with Gasteiger partial charge in [0.25, 0.3) is 0 Å². The fourth-order valence-corrected chi connectivity index (χ4v) is 4.00. The topological polar surface area (TPSA) is 73.0 Å². The lowest BCUT2D eigenvalue weighted by atomic mass is 10.1. The number of piperazine rings is 1. The second kappa shape index (κ2) is 8.57. The normalized spacial score (nSPS) is 19.2. The maximum absolute atomic E-state index is 12.7. The lowest BCUT2D eigenvalue weighted by molar-refractivity contribution is -0.117. The molecule has 3 amide bonds. The van der Waals surface area contributed by atoms with Gasteiger partial charge in [-0.15, -0.1) is 0 Å². The summed E-state index contributed by atoms with van der Waals surface area (Å²) in [5.74, 6) is 0.0876. The maximum atomic E-state index is 12.7. The summed E-state index contributed by atoms with van der Waals surface area (Å²) in [7, 11) is 0. The summed E-state index contributed by atoms with van der Waals surface area (Å²) in [6.45, 7) is 4.74. The minimum absolute atomic E-state index is 0.0327. The first-order valence-corrected chi connectivity index (χ1v) is 10.3. The van der Waals surface area contributed by atoms with Crippen molar-refractivity contribution in [3.8, 4) is 0 Å². The SMILES string of the molecule is CC(=O)c1ccc(N2CCN(C(=O)N[C@H]3CC(=O)N(c4ccccc4)C3)CC2)cc1. The van der Waals surface area contributed by atoms with E-state index in [0.717, 1.165) is 24.5 Å². The van der Waals surface area contributed by atoms with Gasteiger partial charge in [-0.05, 0) is 43.3 Å². The molecule has 2 heterocycles. The van der Waals surface area contributed by atoms with Crippen molar-refractivity contribution in [2.75, 3.05) is 42.5 Å². The van der Waals surface area contributed by atoms with Crippen LogP contribution in [0, 0.1) is 0 Å². The molecule has 0 radical (unpaired) electrons. The number of Topliss-reactive ketones (excluding diaryl/α,β-unsaturated/α-hetero) is 1. The van der Waals surface area contributed by atoms with Gasteiger partial charge in [0.2, 0.25) is 5.91 Å². The number of nitrogens with one attached hydrogen (secondary N) is 1. The maximum Gasteiger partial charge on any atom is 0.317 e. The Bertz CT molecular complexity index is 921. The molecule has 2 aliphatic rings. The van der Waals surface area contributed by atoms with Gasteiger partial charge < -0.3 is 20.0 Å². The number of ketones is 1. The molecule has 0 aromatic heterocycles. The summed E-state index contributed by atoms with van der Waals surface area (Å²) in [5.41, 5.74) is 2.62. The molecule has 0 saturated carbocycles. The first kappa shape index (κ1) is 19.9. The van der Waals surface area contributed by atoms with E-state index in [1.54, 1.807) is 16.7 Å². The number of hydrogen-bond acceptors (Lipinski definition) is 4. The van der Waals surface area contributed by atoms with Gasteiger partial charge in [-0.2, -0.15) is 0 Å². The first-order chi connectivity index (χ1) is 14.5. The summed E-state index contributed by atoms with van der Waals surface area (Å²) in [6, 6.07) is 16.8. The molecule has 30 heavy (non-hydrogen) atoms. The van der Waals surface area contributed by atoms with E-state index in [1.807, 2.05) is 54.6 Å². The van der Waals surface area contributed by atoms with Crippen molar-refractivity contribution < 1.29 is 14.4 Å². The molecule has 0 unspecified atom stereocenters. The highest BCUT2D eigenvalue weighted by Crippen LogP contribution is 2.22. The van der Waals surface area contributed by atoms with Crippen LogP contribution in [0.2, 0.25) is 0 Å². The Morgan fingerprint density at radius 2 is 1.57 bits per heavy atom. The zero-order chi connectivity index (χ0) is 21.1. The fraction of sp³-hybridized carbons (Fsp3) is 0.348. The Kier molecular flexibility index (Phi) is 5.70. The van der Waals surface area contributed by atoms with Crippen molar-refractivity contribution in [2.45, 2.75) is 19.4 Å². The molecule has 2 saturated heterocycles. The van der Waals surface area contributed by atoms with Gasteiger partial charge in [0, 0.05) is 56.1 Å². The van der Waals surface area contributed by atoms with Crippen molar-refractivity contribution in [2.24, 2.45) is 0 Å². The number of para-hydroxylation sites is 1. The molecule has 7 heteroatoms. The third kappa shape index (κ3) is 4.30. The van der Waals surface area contributed by atoms with Crippen LogP contribution in [0.3, 0.4) is 0 Å². The first-order valence-electron chi connectivity index (χ1n) is 10.3. The molecule has 0 aliphatic carbocycles. The van der Waals surface area contributed by atoms with E-state index in [1.165, 1.54) is 0 Å². The molecule has 2 aliphatic heterocycles. The van der Waals surface area contributed by atoms with Crippen molar-refractivity contribution in [3.05, 3.63) is 60.2 Å². The van der Waals surface area contributed by atoms with Gasteiger partial charge in [0.15, 0.2) is 5.78 Å². The second-order valence-corrected chi connectivity index (χ2v) is 7.77. The second-order valence-electron chi connectivity index (χ2n) is 7.77. The third-order valence-electron chi connectivity index (χ3n) is 5.73. The Morgan fingerprint density at radius 1 is 0.900 bits per heavy atom. The predicted molar refractivity (Wildman–Crippen MR) is 116 cm³/mol. The average molecular weight is 406 g/mol. The van der Waals surface area contributed by atoms with Crippen LogP contribution in [-0.2, 0) is 4.79 Å². The van der Waals surface area contributed by atoms with Gasteiger partial charge in [-0.3, -0.25) is 9.59 Å². The molecule has 1 N–H and O–H groups in total. The summed E-state index contributed by atoms with van der Waals surface area (Å²) in [4.78, 5) is 42.2. The van der Waals surface area contributed by atoms with Gasteiger partial charge in [-0.1, -0.05) is 18.2 Å². The Balaban J connectivity index is 1.28. The van der Waals surface area contributed by atoms with Crippen LogP contribution in [0.25, 0.3) is 0 Å². The summed E-state index contributed by atoms with van der Waals surface area (Å²) in [6.07, 6.45) is 0.323. The lowest BCUT2D eigenvalue weighted by Gasteiger charge is -2.36. The third-order valence-corrected chi connectivity index (χ3v) is 5.73. The van der Waals surface area contributed by atoms with E-state index in [-0.39, 0.29) is 23.8 Å². The van der Waals surface area contributed by atoms with Crippen molar-refractivity contribution in [3.63, 3.8) is 0 Å². The fourth-order valence-electron chi connectivity index (χ4n) is 4.00. The highest BCUT2D eigenvalue weighted by atomic mass is 16.2. The van der Waals surface area contributed by atoms with Gasteiger partial charge >= 0.3 is 6.03 Å². The zero-order valence-corrected chi connectivity index (χ0v) is 17.1. The Labute approximate surface area is 176 Å². The van der Waals surface area contributed by atoms with Crippen LogP contribution in [0.15, 0.2) is 54.6 Å². The van der Waals surface area contributed by atoms with Crippen LogP contribution in [0.5, 0.6) is 0 Å². The van der Waals surface area contributed by atoms with E-state index >= 15 is 0 Å². The van der Waals surface area contributed by atoms with Crippen LogP contribution in [0.1, 0.15) is 23.7 Å². The van der Waals surface area contributed by atoms with Crippen LogP contribution in [0.4, 0.5) is 16.2 Å². The standard InChI is InChI=1S/C23H26N4O3/c1-17(28)18-7-9-20(10-8-18)25-11-13-26(14-12-25)23(30)24-19-15-22(29)27(16-19)21-5-3-2-4-6-21/h2-10,19H,11-16H2,1H3,(H,24,30)/t19-/m0/s1. The predicted octanol–water partition coefficient (Wildman–Crippen LogP) is 2.53. The smallest absolute Gasteiger partial charge is 0.317 e. The molecular weight excluding hydrogens is 380 g/mol. The number of benzene rings is 2.